The summed E-state index contributed by atoms with van der Waals surface area (Å²) >= 11 is 0. The number of benzene rings is 2. The Morgan fingerprint density at radius 1 is 0.891 bits per heavy atom. The van der Waals surface area contributed by atoms with Gasteiger partial charge in [-0.15, -0.1) is 0 Å². The molecule has 0 spiro atoms. The first-order valence-electron chi connectivity index (χ1n) is 22.4. The molecule has 2 N–H and O–H groups in total. The maximum atomic E-state index is 13.3. The van der Waals surface area contributed by atoms with Crippen molar-refractivity contribution in [1.82, 2.24) is 10.2 Å². The Morgan fingerprint density at radius 3 is 2.35 bits per heavy atom. The number of nitrogens with one attached hydrogen (secondary N) is 1. The van der Waals surface area contributed by atoms with E-state index in [0.29, 0.717) is 45.6 Å². The lowest BCUT2D eigenvalue weighted by atomic mass is 9.33. The van der Waals surface area contributed by atoms with Gasteiger partial charge in [-0.2, -0.15) is 0 Å². The number of aliphatic hydroxyl groups is 1. The highest BCUT2D eigenvalue weighted by Crippen LogP contribution is 2.76. The molecule has 5 heteroatoms. The quantitative estimate of drug-likeness (QED) is 0.250. The van der Waals surface area contributed by atoms with Crippen molar-refractivity contribution < 1.29 is 14.6 Å². The summed E-state index contributed by atoms with van der Waals surface area (Å²) in [4.78, 5) is 16.0. The van der Waals surface area contributed by atoms with Gasteiger partial charge in [0.15, 0.2) is 5.78 Å². The SMILES string of the molecule is CC(C)[C@@H]1CC[C@]2(NCCN3C[C@@H]4C[C@H]3CO4)CC[C@]3(C)[C@H](CC[C@@H]4[C@@]5(C)CC=C(c6ccc(C(=O)C(O)c7ccccc7)cc6)C(C)(C)[C@@H]5CC[C@]43C)[C@@H]12. The Kier molecular flexibility index (Phi) is 9.48. The van der Waals surface area contributed by atoms with Crippen molar-refractivity contribution in [1.29, 1.82) is 0 Å². The zero-order valence-electron chi connectivity index (χ0n) is 35.1. The fraction of sp³-hybridized carbons (Fsp3) is 0.700. The van der Waals surface area contributed by atoms with E-state index in [2.05, 4.69) is 76.9 Å². The van der Waals surface area contributed by atoms with Crippen molar-refractivity contribution in [3.05, 3.63) is 77.4 Å². The number of fused-ring (bicyclic) bond motifs is 9. The number of rotatable bonds is 9. The number of hydrogen-bond donors (Lipinski definition) is 2. The molecule has 0 radical (unpaired) electrons. The number of ketones is 1. The van der Waals surface area contributed by atoms with Crippen LogP contribution >= 0.6 is 0 Å². The average Bonchev–Trinajstić information content (AvgIpc) is 3.90. The second-order valence-corrected chi connectivity index (χ2v) is 21.4. The maximum Gasteiger partial charge on any atom is 0.195 e. The first kappa shape index (κ1) is 38.2. The Bertz CT molecular complexity index is 1790. The molecular formula is C50H70N2O3. The van der Waals surface area contributed by atoms with E-state index >= 15 is 0 Å². The van der Waals surface area contributed by atoms with Crippen LogP contribution in [0.15, 0.2) is 60.7 Å². The van der Waals surface area contributed by atoms with E-state index in [9.17, 15) is 9.90 Å². The molecule has 1 unspecified atom stereocenters. The van der Waals surface area contributed by atoms with Crippen LogP contribution in [0.5, 0.6) is 0 Å². The molecule has 2 aliphatic heterocycles. The molecule has 6 fully saturated rings. The van der Waals surface area contributed by atoms with Gasteiger partial charge in [0.25, 0.3) is 0 Å². The Labute approximate surface area is 332 Å². The van der Waals surface area contributed by atoms with Crippen LogP contribution in [0.25, 0.3) is 5.57 Å². The van der Waals surface area contributed by atoms with E-state index in [1.165, 1.54) is 75.5 Å². The summed E-state index contributed by atoms with van der Waals surface area (Å²) in [5.41, 5.74) is 5.19. The van der Waals surface area contributed by atoms with Crippen LogP contribution in [-0.4, -0.2) is 59.7 Å². The van der Waals surface area contributed by atoms with Crippen molar-refractivity contribution in [3.63, 3.8) is 0 Å². The molecule has 55 heavy (non-hydrogen) atoms. The van der Waals surface area contributed by atoms with Gasteiger partial charge >= 0.3 is 0 Å². The van der Waals surface area contributed by atoms with Crippen molar-refractivity contribution in [2.45, 2.75) is 136 Å². The summed E-state index contributed by atoms with van der Waals surface area (Å²) in [6.45, 7) is 22.7. The fourth-order valence-corrected chi connectivity index (χ4v) is 15.8. The van der Waals surface area contributed by atoms with Crippen molar-refractivity contribution in [3.8, 4) is 0 Å². The molecule has 2 aromatic carbocycles. The number of aliphatic hydroxyl groups excluding tert-OH is 1. The molecule has 7 aliphatic rings. The Balaban J connectivity index is 0.951. The van der Waals surface area contributed by atoms with Gasteiger partial charge < -0.3 is 15.2 Å². The predicted molar refractivity (Wildman–Crippen MR) is 223 cm³/mol. The minimum atomic E-state index is -1.14. The third-order valence-electron chi connectivity index (χ3n) is 18.7. The summed E-state index contributed by atoms with van der Waals surface area (Å²) < 4.78 is 5.93. The van der Waals surface area contributed by atoms with Gasteiger partial charge in [-0.05, 0) is 138 Å². The van der Waals surface area contributed by atoms with Crippen LogP contribution in [0.4, 0.5) is 0 Å². The van der Waals surface area contributed by atoms with Gasteiger partial charge in [0, 0.05) is 36.8 Å². The lowest BCUT2D eigenvalue weighted by Crippen LogP contribution is -2.68. The van der Waals surface area contributed by atoms with Gasteiger partial charge in [-0.25, -0.2) is 0 Å². The number of morpholine rings is 1. The molecular weight excluding hydrogens is 677 g/mol. The van der Waals surface area contributed by atoms with E-state index in [1.54, 1.807) is 0 Å². The molecule has 2 aromatic rings. The normalized spacial score (nSPS) is 42.3. The minimum Gasteiger partial charge on any atom is -0.380 e. The summed E-state index contributed by atoms with van der Waals surface area (Å²) in [7, 11) is 0. The van der Waals surface area contributed by atoms with Crippen molar-refractivity contribution in [2.75, 3.05) is 26.2 Å². The zero-order chi connectivity index (χ0) is 38.5. The largest absolute Gasteiger partial charge is 0.380 e. The third-order valence-corrected chi connectivity index (χ3v) is 18.7. The topological polar surface area (TPSA) is 61.8 Å². The van der Waals surface area contributed by atoms with Crippen molar-refractivity contribution >= 4 is 11.4 Å². The van der Waals surface area contributed by atoms with Crippen LogP contribution in [-0.2, 0) is 4.74 Å². The number of ether oxygens (including phenoxy) is 1. The highest BCUT2D eigenvalue weighted by molar-refractivity contribution is 6.00. The summed E-state index contributed by atoms with van der Waals surface area (Å²) in [6, 6.07) is 18.1. The van der Waals surface area contributed by atoms with E-state index in [0.717, 1.165) is 55.7 Å². The zero-order valence-corrected chi connectivity index (χ0v) is 35.1. The lowest BCUT2D eigenvalue weighted by molar-refractivity contribution is -0.221. The molecule has 2 heterocycles. The number of carbonyl (C=O) groups is 1. The maximum absolute atomic E-state index is 13.3. The first-order valence-corrected chi connectivity index (χ1v) is 22.4. The summed E-state index contributed by atoms with van der Waals surface area (Å²) in [5, 5.41) is 15.2. The standard InChI is InChI=1S/C50H70N2O3/c1-32(2)38-19-24-50(51-27-28-52-30-37-29-36(52)31-55-37)26-25-48(6)40(43(38)50)17-18-42-47(5)22-20-39(46(3,4)41(47)21-23-49(42,48)7)33-13-15-35(16-14-33)45(54)44(53)34-11-9-8-10-12-34/h8-16,20,32,36-38,40-44,51,53H,17-19,21-31H2,1-7H3/t36-,37-,38-,40+,41-,42+,43+,44?,47-,48+,49+,50-/m0/s1. The van der Waals surface area contributed by atoms with Gasteiger partial charge in [-0.1, -0.05) is 109 Å². The van der Waals surface area contributed by atoms with E-state index < -0.39 is 6.10 Å². The molecule has 9 rings (SSSR count). The van der Waals surface area contributed by atoms with Crippen LogP contribution in [0, 0.1) is 57.2 Å². The van der Waals surface area contributed by atoms with Crippen LogP contribution in [0.1, 0.15) is 140 Å². The van der Waals surface area contributed by atoms with Crippen LogP contribution < -0.4 is 5.32 Å². The second kappa shape index (κ2) is 13.6. The number of Topliss-reactive ketones (excluding diaryl/α,β-unsaturated/α-hetero) is 1. The van der Waals surface area contributed by atoms with Gasteiger partial charge in [0.05, 0.1) is 12.7 Å². The lowest BCUT2D eigenvalue weighted by Gasteiger charge is -2.72. The highest BCUT2D eigenvalue weighted by atomic mass is 16.5. The van der Waals surface area contributed by atoms with E-state index in [-0.39, 0.29) is 16.6 Å². The molecule has 5 aliphatic carbocycles. The second-order valence-electron chi connectivity index (χ2n) is 21.4. The van der Waals surface area contributed by atoms with Gasteiger partial charge in [-0.3, -0.25) is 9.69 Å². The molecule has 12 atom stereocenters. The third kappa shape index (κ3) is 5.77. The van der Waals surface area contributed by atoms with E-state index in [1.807, 2.05) is 42.5 Å². The molecule has 0 amide bonds. The molecule has 4 saturated carbocycles. The van der Waals surface area contributed by atoms with Gasteiger partial charge in [0.2, 0.25) is 0 Å². The molecule has 5 nitrogen and oxygen atoms in total. The fourth-order valence-electron chi connectivity index (χ4n) is 15.8. The highest BCUT2D eigenvalue weighted by Gasteiger charge is 2.70. The Morgan fingerprint density at radius 2 is 1.65 bits per heavy atom. The molecule has 298 valence electrons. The molecule has 0 aromatic heterocycles. The number of carbonyl (C=O) groups excluding carboxylic acids is 1. The summed E-state index contributed by atoms with van der Waals surface area (Å²) in [5.74, 6) is 4.24. The number of nitrogens with zero attached hydrogens (tertiary/aromatic N) is 1. The summed E-state index contributed by atoms with van der Waals surface area (Å²) in [6.07, 6.45) is 15.2. The van der Waals surface area contributed by atoms with Crippen LogP contribution in [0.3, 0.4) is 0 Å². The van der Waals surface area contributed by atoms with Gasteiger partial charge in [0.1, 0.15) is 6.10 Å². The van der Waals surface area contributed by atoms with Crippen molar-refractivity contribution in [2.24, 2.45) is 57.2 Å². The minimum absolute atomic E-state index is 0.0297. The number of allylic oxidation sites excluding steroid dienone is 2. The predicted octanol–water partition coefficient (Wildman–Crippen LogP) is 10.1. The monoisotopic (exact) mass is 747 g/mol. The smallest absolute Gasteiger partial charge is 0.195 e. The van der Waals surface area contributed by atoms with Crippen LogP contribution in [0.2, 0.25) is 0 Å². The number of likely N-dealkylation sites (tertiary alicyclic amines) is 1. The Hall–Kier alpha value is -2.31. The first-order chi connectivity index (χ1) is 26.2. The number of hydrogen-bond acceptors (Lipinski definition) is 5. The molecule has 2 bridgehead atoms. The van der Waals surface area contributed by atoms with E-state index in [4.69, 9.17) is 4.74 Å². The molecule has 2 saturated heterocycles. The average molecular weight is 747 g/mol.